The minimum atomic E-state index is -1.04. The first kappa shape index (κ1) is 28.4. The Balaban J connectivity index is 1.29. The number of ether oxygens (including phenoxy) is 2. The molecule has 0 bridgehead atoms. The monoisotopic (exact) mass is 587 g/mol. The van der Waals surface area contributed by atoms with E-state index in [1.165, 1.54) is 37.3 Å². The number of carbonyl (C=O) groups excluding carboxylic acids is 2. The van der Waals surface area contributed by atoms with Crippen molar-refractivity contribution in [2.45, 2.75) is 25.8 Å². The molecule has 2 aromatic rings. The van der Waals surface area contributed by atoms with Crippen LogP contribution in [0.1, 0.15) is 30.1 Å². The van der Waals surface area contributed by atoms with Gasteiger partial charge in [-0.15, -0.1) is 0 Å². The number of dihydropyridines is 1. The second-order valence-electron chi connectivity index (χ2n) is 10.1. The number of hydrogen-bond donors (Lipinski definition) is 2. The van der Waals surface area contributed by atoms with E-state index in [9.17, 15) is 18.8 Å². The van der Waals surface area contributed by atoms with Crippen LogP contribution in [-0.2, 0) is 14.3 Å². The second kappa shape index (κ2) is 11.8. The van der Waals surface area contributed by atoms with Crippen LogP contribution in [0.4, 0.5) is 8.78 Å². The number of aliphatic carboxylic acids is 1. The molecule has 0 unspecified atom stereocenters. The van der Waals surface area contributed by atoms with Crippen LogP contribution in [0.5, 0.6) is 5.75 Å². The number of likely N-dealkylation sites (tertiary alicyclic amines) is 1. The molecule has 9 nitrogen and oxygen atoms in total. The van der Waals surface area contributed by atoms with Crippen LogP contribution in [-0.4, -0.2) is 71.6 Å². The fraction of sp³-hybridized carbons (Fsp3) is 0.345. The van der Waals surface area contributed by atoms with Crippen LogP contribution in [0, 0.1) is 17.6 Å². The van der Waals surface area contributed by atoms with Crippen LogP contribution >= 0.6 is 11.6 Å². The molecule has 1 saturated heterocycles. The lowest BCUT2D eigenvalue weighted by atomic mass is 9.99. The quantitative estimate of drug-likeness (QED) is 0.502. The molecule has 0 aliphatic carbocycles. The zero-order chi connectivity index (χ0) is 29.3. The number of nitrogens with one attached hydrogen (secondary N) is 1. The average Bonchev–Trinajstić information content (AvgIpc) is 2.96. The largest absolute Gasteiger partial charge is 0.492 e. The normalized spacial score (nSPS) is 18.2. The molecule has 41 heavy (non-hydrogen) atoms. The van der Waals surface area contributed by atoms with Crippen molar-refractivity contribution in [2.24, 2.45) is 5.92 Å². The van der Waals surface area contributed by atoms with E-state index in [4.69, 9.17) is 26.2 Å². The maximum absolute atomic E-state index is 15.3. The average molecular weight is 588 g/mol. The van der Waals surface area contributed by atoms with Crippen LogP contribution in [0.25, 0.3) is 11.1 Å². The van der Waals surface area contributed by atoms with E-state index in [1.807, 2.05) is 0 Å². The van der Waals surface area contributed by atoms with Crippen molar-refractivity contribution in [3.8, 4) is 16.9 Å². The number of benzene rings is 2. The van der Waals surface area contributed by atoms with Gasteiger partial charge in [0.15, 0.2) is 6.61 Å². The van der Waals surface area contributed by atoms with E-state index in [0.29, 0.717) is 49.1 Å². The SMILES string of the molecule is C[C@@H](COc1ccc(F)cc1-c1ccc(C(=O)N2CCC(N3C(=O)COC4=C3C=C(Cl)CN4)CC2)c(F)c1)C(=O)O. The molecule has 2 aromatic carbocycles. The molecule has 1 atom stereocenters. The molecule has 0 aromatic heterocycles. The number of halogens is 3. The predicted molar refractivity (Wildman–Crippen MR) is 145 cm³/mol. The fourth-order valence-corrected chi connectivity index (χ4v) is 5.23. The summed E-state index contributed by atoms with van der Waals surface area (Å²) in [6.07, 6.45) is 2.68. The summed E-state index contributed by atoms with van der Waals surface area (Å²) in [7, 11) is 0. The van der Waals surface area contributed by atoms with Crippen LogP contribution in [0.15, 0.2) is 59.1 Å². The van der Waals surface area contributed by atoms with Crippen molar-refractivity contribution < 1.29 is 37.7 Å². The molecule has 5 rings (SSSR count). The van der Waals surface area contributed by atoms with Gasteiger partial charge in [-0.05, 0) is 61.7 Å². The molecule has 2 amide bonds. The Bertz CT molecular complexity index is 1450. The highest BCUT2D eigenvalue weighted by Gasteiger charge is 2.37. The van der Waals surface area contributed by atoms with E-state index in [2.05, 4.69) is 5.32 Å². The van der Waals surface area contributed by atoms with Crippen molar-refractivity contribution in [1.82, 2.24) is 15.1 Å². The molecule has 0 saturated carbocycles. The first-order chi connectivity index (χ1) is 19.6. The number of piperidine rings is 1. The standard InChI is InChI=1S/C29H28ClF2N3O6/c1-16(29(38)39)14-40-25-5-3-19(31)12-22(25)17-2-4-21(23(32)10-17)28(37)34-8-6-20(7-9-34)35-24-11-18(30)13-33-27(24)41-15-26(35)36/h2-5,10-12,16,20,33H,6-9,13-15H2,1H3,(H,38,39)/t16-/m0/s1. The second-order valence-corrected chi connectivity index (χ2v) is 10.6. The molecule has 12 heteroatoms. The van der Waals surface area contributed by atoms with E-state index >= 15 is 4.39 Å². The number of nitrogens with zero attached hydrogens (tertiary/aromatic N) is 2. The van der Waals surface area contributed by atoms with Crippen molar-refractivity contribution in [3.05, 3.63) is 76.3 Å². The van der Waals surface area contributed by atoms with E-state index in [1.54, 1.807) is 15.9 Å². The first-order valence-electron chi connectivity index (χ1n) is 13.2. The highest BCUT2D eigenvalue weighted by Crippen LogP contribution is 2.33. The summed E-state index contributed by atoms with van der Waals surface area (Å²) >= 11 is 6.18. The number of amides is 2. The summed E-state index contributed by atoms with van der Waals surface area (Å²) in [6.45, 7) is 2.26. The van der Waals surface area contributed by atoms with Crippen LogP contribution in [0.3, 0.4) is 0 Å². The molecule has 3 aliphatic rings. The van der Waals surface area contributed by atoms with Gasteiger partial charge in [0.25, 0.3) is 11.8 Å². The van der Waals surface area contributed by atoms with Crippen molar-refractivity contribution >= 4 is 29.4 Å². The zero-order valence-electron chi connectivity index (χ0n) is 22.2. The number of carboxylic acids is 1. The summed E-state index contributed by atoms with van der Waals surface area (Å²) in [6, 6.07) is 7.48. The predicted octanol–water partition coefficient (Wildman–Crippen LogP) is 4.09. The Kier molecular flexibility index (Phi) is 8.16. The maximum Gasteiger partial charge on any atom is 0.309 e. The van der Waals surface area contributed by atoms with Crippen LogP contribution < -0.4 is 10.1 Å². The highest BCUT2D eigenvalue weighted by molar-refractivity contribution is 6.30. The lowest BCUT2D eigenvalue weighted by Crippen LogP contribution is -2.52. The topological polar surface area (TPSA) is 108 Å². The highest BCUT2D eigenvalue weighted by atomic mass is 35.5. The van der Waals surface area contributed by atoms with Gasteiger partial charge in [0.05, 0.1) is 18.0 Å². The number of hydrogen-bond acceptors (Lipinski definition) is 6. The minimum absolute atomic E-state index is 0.0926. The molecule has 1 fully saturated rings. The number of carbonyl (C=O) groups is 3. The Labute approximate surface area is 240 Å². The Hall–Kier alpha value is -4.12. The summed E-state index contributed by atoms with van der Waals surface area (Å²) in [4.78, 5) is 40.3. The Morgan fingerprint density at radius 3 is 2.66 bits per heavy atom. The third-order valence-electron chi connectivity index (χ3n) is 7.29. The fourth-order valence-electron chi connectivity index (χ4n) is 5.06. The first-order valence-corrected chi connectivity index (χ1v) is 13.5. The van der Waals surface area contributed by atoms with Gasteiger partial charge in [-0.3, -0.25) is 14.4 Å². The smallest absolute Gasteiger partial charge is 0.309 e. The maximum atomic E-state index is 15.3. The lowest BCUT2D eigenvalue weighted by Gasteiger charge is -2.41. The van der Waals surface area contributed by atoms with Gasteiger partial charge in [-0.1, -0.05) is 17.7 Å². The number of allylic oxidation sites excluding steroid dienone is 1. The van der Waals surface area contributed by atoms with Gasteiger partial charge in [0, 0.05) is 29.7 Å². The third kappa shape index (κ3) is 6.00. The lowest BCUT2D eigenvalue weighted by molar-refractivity contribution is -0.142. The Morgan fingerprint density at radius 1 is 1.20 bits per heavy atom. The molecule has 216 valence electrons. The molecule has 2 N–H and O–H groups in total. The molecule has 0 radical (unpaired) electrons. The minimum Gasteiger partial charge on any atom is -0.492 e. The summed E-state index contributed by atoms with van der Waals surface area (Å²) < 4.78 is 40.4. The summed E-state index contributed by atoms with van der Waals surface area (Å²) in [5.41, 5.74) is 0.945. The van der Waals surface area contributed by atoms with E-state index < -0.39 is 29.4 Å². The van der Waals surface area contributed by atoms with Gasteiger partial charge in [0.1, 0.15) is 29.7 Å². The molecular formula is C29H28ClF2N3O6. The molecule has 3 aliphatic heterocycles. The van der Waals surface area contributed by atoms with Crippen molar-refractivity contribution in [2.75, 3.05) is 32.8 Å². The van der Waals surface area contributed by atoms with Gasteiger partial charge in [-0.2, -0.15) is 0 Å². The zero-order valence-corrected chi connectivity index (χ0v) is 22.9. The van der Waals surface area contributed by atoms with E-state index in [-0.39, 0.29) is 47.6 Å². The van der Waals surface area contributed by atoms with Crippen molar-refractivity contribution in [3.63, 3.8) is 0 Å². The van der Waals surface area contributed by atoms with Gasteiger partial charge >= 0.3 is 5.97 Å². The van der Waals surface area contributed by atoms with Gasteiger partial charge in [0.2, 0.25) is 5.88 Å². The van der Waals surface area contributed by atoms with Crippen LogP contribution in [0.2, 0.25) is 0 Å². The number of rotatable bonds is 7. The van der Waals surface area contributed by atoms with Crippen molar-refractivity contribution in [1.29, 1.82) is 0 Å². The van der Waals surface area contributed by atoms with Gasteiger partial charge < -0.3 is 29.7 Å². The summed E-state index contributed by atoms with van der Waals surface area (Å²) in [5, 5.41) is 12.7. The van der Waals surface area contributed by atoms with Gasteiger partial charge in [-0.25, -0.2) is 8.78 Å². The number of carboxylic acid groups (broad SMARTS) is 1. The molecule has 3 heterocycles. The summed E-state index contributed by atoms with van der Waals surface area (Å²) in [5.74, 6) is -3.20. The molecular weight excluding hydrogens is 560 g/mol. The Morgan fingerprint density at radius 2 is 1.95 bits per heavy atom. The third-order valence-corrected chi connectivity index (χ3v) is 7.53. The van der Waals surface area contributed by atoms with E-state index in [0.717, 1.165) is 6.07 Å². The molecule has 0 spiro atoms.